The van der Waals surface area contributed by atoms with E-state index in [1.54, 1.807) is 0 Å². The predicted octanol–water partition coefficient (Wildman–Crippen LogP) is 13.2. The molecule has 0 atom stereocenters. The van der Waals surface area contributed by atoms with Crippen LogP contribution < -0.4 is 20.3 Å². The van der Waals surface area contributed by atoms with Gasteiger partial charge >= 0.3 is 6.92 Å². The zero-order valence-corrected chi connectivity index (χ0v) is 32.0. The highest BCUT2D eigenvalue weighted by Crippen LogP contribution is 2.46. The molecule has 0 amide bonds. The Morgan fingerprint density at radius 3 is 1.90 bits per heavy atom. The van der Waals surface area contributed by atoms with Crippen molar-refractivity contribution in [1.82, 2.24) is 4.57 Å². The summed E-state index contributed by atoms with van der Waals surface area (Å²) in [5, 5.41) is 6.79. The minimum absolute atomic E-state index is 0.343. The minimum atomic E-state index is -0.343. The number of furan rings is 2. The summed E-state index contributed by atoms with van der Waals surface area (Å²) >= 11 is 0. The fourth-order valence-electron chi connectivity index (χ4n) is 10.0. The van der Waals surface area contributed by atoms with Gasteiger partial charge in [-0.25, -0.2) is 0 Å². The van der Waals surface area contributed by atoms with Gasteiger partial charge in [-0.1, -0.05) is 121 Å². The molecule has 0 saturated carbocycles. The third-order valence-electron chi connectivity index (χ3n) is 12.7. The Balaban J connectivity index is 1.01. The van der Waals surface area contributed by atoms with Crippen LogP contribution in [0.2, 0.25) is 0 Å². The molecular formula is C54H30BNO4. The van der Waals surface area contributed by atoms with Gasteiger partial charge in [0.05, 0.1) is 22.1 Å². The molecule has 278 valence electrons. The molecular weight excluding hydrogens is 737 g/mol. The maximum Gasteiger partial charge on any atom is 0.434 e. The van der Waals surface area contributed by atoms with Crippen LogP contribution >= 0.6 is 0 Å². The molecule has 2 aliphatic heterocycles. The van der Waals surface area contributed by atoms with Crippen molar-refractivity contribution >= 4 is 83.5 Å². The van der Waals surface area contributed by atoms with Gasteiger partial charge in [0.2, 0.25) is 0 Å². The zero-order chi connectivity index (χ0) is 39.1. The molecule has 0 aliphatic carbocycles. The molecule has 0 fully saturated rings. The van der Waals surface area contributed by atoms with Gasteiger partial charge in [-0.2, -0.15) is 0 Å². The second-order valence-electron chi connectivity index (χ2n) is 15.9. The van der Waals surface area contributed by atoms with Gasteiger partial charge in [0.1, 0.15) is 39.6 Å². The molecule has 0 N–H and O–H groups in total. The standard InChI is InChI=1S/C54H30BNO4/c1-6-19-43-35(12-1)36-13-2-7-20-44(36)56(43)45-27-33(29-50-52(45)40-15-4-9-22-47(40)57-50)32-26-41-38-25-24-31(34-16-11-17-39-37-14-3-8-21-46(37)59-54(34)39)28-49(38)60-55-42-18-5-10-23-48(42)58-51(30-32)53(41)55/h1-30H. The quantitative estimate of drug-likeness (QED) is 0.168. The van der Waals surface area contributed by atoms with E-state index in [1.807, 2.05) is 30.3 Å². The van der Waals surface area contributed by atoms with Crippen LogP contribution in [0.3, 0.4) is 0 Å². The number of hydrogen-bond acceptors (Lipinski definition) is 4. The highest BCUT2D eigenvalue weighted by molar-refractivity contribution is 6.84. The fourth-order valence-corrected chi connectivity index (χ4v) is 10.0. The Kier molecular flexibility index (Phi) is 6.31. The molecule has 5 nitrogen and oxygen atoms in total. The van der Waals surface area contributed by atoms with E-state index in [0.29, 0.717) is 0 Å². The fraction of sp³-hybridized carbons (Fsp3) is 0. The van der Waals surface area contributed by atoms with E-state index >= 15 is 0 Å². The van der Waals surface area contributed by atoms with Crippen molar-refractivity contribution in [3.05, 3.63) is 182 Å². The van der Waals surface area contributed by atoms with Crippen LogP contribution in [0.5, 0.6) is 17.2 Å². The lowest BCUT2D eigenvalue weighted by Crippen LogP contribution is -2.53. The molecule has 9 aromatic carbocycles. The summed E-state index contributed by atoms with van der Waals surface area (Å²) in [6, 6.07) is 64.0. The summed E-state index contributed by atoms with van der Waals surface area (Å²) in [6.45, 7) is -0.343. The lowest BCUT2D eigenvalue weighted by molar-refractivity contribution is 0.479. The molecule has 60 heavy (non-hydrogen) atoms. The number of benzene rings is 9. The third-order valence-corrected chi connectivity index (χ3v) is 12.7. The SMILES string of the molecule is c1ccc2c(c1)Oc1cc(-c3cc(-n4c5ccccc5c5ccccc54)c4c(c3)oc3ccccc34)cc3c1B2Oc1cc(-c2cccc4c2oc2ccccc24)ccc1-3. The average Bonchev–Trinajstić information content (AvgIpc) is 3.98. The Hall–Kier alpha value is -7.96. The number of hydrogen-bond donors (Lipinski definition) is 0. The first-order chi connectivity index (χ1) is 29.7. The summed E-state index contributed by atoms with van der Waals surface area (Å²) < 4.78 is 29.5. The van der Waals surface area contributed by atoms with Crippen molar-refractivity contribution in [2.45, 2.75) is 0 Å². The Labute approximate surface area is 343 Å². The second-order valence-corrected chi connectivity index (χ2v) is 15.9. The van der Waals surface area contributed by atoms with E-state index in [9.17, 15) is 0 Å². The molecule has 3 aromatic heterocycles. The summed E-state index contributed by atoms with van der Waals surface area (Å²) in [6.07, 6.45) is 0. The first-order valence-corrected chi connectivity index (χ1v) is 20.3. The van der Waals surface area contributed by atoms with E-state index in [2.05, 4.69) is 156 Å². The van der Waals surface area contributed by atoms with Gasteiger partial charge in [0.15, 0.2) is 0 Å². The maximum atomic E-state index is 7.06. The first-order valence-electron chi connectivity index (χ1n) is 20.3. The van der Waals surface area contributed by atoms with Crippen molar-refractivity contribution < 1.29 is 18.2 Å². The van der Waals surface area contributed by atoms with E-state index in [4.69, 9.17) is 18.2 Å². The Morgan fingerprint density at radius 1 is 0.400 bits per heavy atom. The van der Waals surface area contributed by atoms with E-state index in [0.717, 1.165) is 122 Å². The van der Waals surface area contributed by atoms with Crippen LogP contribution in [0.4, 0.5) is 0 Å². The molecule has 0 unspecified atom stereocenters. The lowest BCUT2D eigenvalue weighted by Gasteiger charge is -2.33. The smallest absolute Gasteiger partial charge is 0.434 e. The monoisotopic (exact) mass is 767 g/mol. The van der Waals surface area contributed by atoms with Crippen LogP contribution in [0.1, 0.15) is 0 Å². The van der Waals surface area contributed by atoms with Gasteiger partial charge in [-0.05, 0) is 82.9 Å². The predicted molar refractivity (Wildman–Crippen MR) is 244 cm³/mol. The molecule has 12 aromatic rings. The van der Waals surface area contributed by atoms with Crippen molar-refractivity contribution in [2.24, 2.45) is 0 Å². The van der Waals surface area contributed by atoms with E-state index < -0.39 is 0 Å². The van der Waals surface area contributed by atoms with Gasteiger partial charge in [0, 0.05) is 49.0 Å². The number of fused-ring (bicyclic) bond motifs is 13. The summed E-state index contributed by atoms with van der Waals surface area (Å²) in [5.74, 6) is 2.40. The highest BCUT2D eigenvalue weighted by atomic mass is 16.5. The summed E-state index contributed by atoms with van der Waals surface area (Å²) in [4.78, 5) is 0. The van der Waals surface area contributed by atoms with Gasteiger partial charge in [-0.3, -0.25) is 0 Å². The molecule has 14 rings (SSSR count). The second kappa shape index (κ2) is 11.8. The van der Waals surface area contributed by atoms with Crippen LogP contribution in [-0.2, 0) is 0 Å². The number of ether oxygens (including phenoxy) is 1. The van der Waals surface area contributed by atoms with Crippen molar-refractivity contribution in [3.63, 3.8) is 0 Å². The number of nitrogens with zero attached hydrogens (tertiary/aromatic N) is 1. The normalized spacial score (nSPS) is 12.9. The van der Waals surface area contributed by atoms with Gasteiger partial charge in [0.25, 0.3) is 0 Å². The summed E-state index contributed by atoms with van der Waals surface area (Å²) in [5.41, 5.74) is 15.0. The number of para-hydroxylation sites is 6. The highest BCUT2D eigenvalue weighted by Gasteiger charge is 2.41. The molecule has 0 bridgehead atoms. The molecule has 0 spiro atoms. The number of aromatic nitrogens is 1. The van der Waals surface area contributed by atoms with Crippen LogP contribution in [0.25, 0.3) is 105 Å². The van der Waals surface area contributed by atoms with Crippen LogP contribution in [0, 0.1) is 0 Å². The van der Waals surface area contributed by atoms with E-state index in [-0.39, 0.29) is 6.92 Å². The Bertz CT molecular complexity index is 3760. The molecule has 0 saturated heterocycles. The maximum absolute atomic E-state index is 7.06. The molecule has 5 heterocycles. The van der Waals surface area contributed by atoms with Crippen molar-refractivity contribution in [2.75, 3.05) is 0 Å². The molecule has 6 heteroatoms. The average molecular weight is 768 g/mol. The lowest BCUT2D eigenvalue weighted by atomic mass is 9.50. The summed E-state index contributed by atoms with van der Waals surface area (Å²) in [7, 11) is 0. The topological polar surface area (TPSA) is 49.7 Å². The Morgan fingerprint density at radius 2 is 1.07 bits per heavy atom. The minimum Gasteiger partial charge on any atom is -0.551 e. The van der Waals surface area contributed by atoms with Crippen molar-refractivity contribution in [1.29, 1.82) is 0 Å². The third kappa shape index (κ3) is 4.37. The van der Waals surface area contributed by atoms with Crippen molar-refractivity contribution in [3.8, 4) is 56.3 Å². The van der Waals surface area contributed by atoms with Crippen LogP contribution in [0.15, 0.2) is 191 Å². The largest absolute Gasteiger partial charge is 0.551 e. The van der Waals surface area contributed by atoms with E-state index in [1.165, 1.54) is 10.8 Å². The van der Waals surface area contributed by atoms with Gasteiger partial charge in [-0.15, -0.1) is 0 Å². The number of rotatable bonds is 3. The zero-order valence-electron chi connectivity index (χ0n) is 32.0. The van der Waals surface area contributed by atoms with Crippen LogP contribution in [-0.4, -0.2) is 11.5 Å². The molecule has 0 radical (unpaired) electrons. The first kappa shape index (κ1) is 32.1. The molecule has 2 aliphatic rings. The van der Waals surface area contributed by atoms with Gasteiger partial charge < -0.3 is 22.8 Å².